The summed E-state index contributed by atoms with van der Waals surface area (Å²) < 4.78 is 6.78. The topological polar surface area (TPSA) is 73.4 Å². The number of nitrogens with two attached hydrogens (primary N) is 1. The number of nitrogens with zero attached hydrogens (tertiary/aromatic N) is 3. The second-order valence-corrected chi connectivity index (χ2v) is 3.69. The molecule has 2 N–H and O–H groups in total. The van der Waals surface area contributed by atoms with E-state index >= 15 is 0 Å². The molecule has 0 unspecified atom stereocenters. The van der Waals surface area contributed by atoms with E-state index in [1.54, 1.807) is 22.8 Å². The van der Waals surface area contributed by atoms with Crippen LogP contribution in [0.5, 0.6) is 0 Å². The summed E-state index contributed by atoms with van der Waals surface area (Å²) in [5, 5.41) is 4.07. The lowest BCUT2D eigenvalue weighted by atomic mass is 10.3. The maximum atomic E-state index is 12.1. The van der Waals surface area contributed by atoms with E-state index < -0.39 is 0 Å². The summed E-state index contributed by atoms with van der Waals surface area (Å²) in [6.07, 6.45) is 1.63. The molecule has 0 atom stereocenters. The highest BCUT2D eigenvalue weighted by molar-refractivity contribution is 5.97. The van der Waals surface area contributed by atoms with Crippen molar-refractivity contribution in [1.82, 2.24) is 14.7 Å². The van der Waals surface area contributed by atoms with Gasteiger partial charge in [-0.2, -0.15) is 5.10 Å². The molecule has 0 saturated heterocycles. The molecule has 0 radical (unpaired) electrons. The Morgan fingerprint density at radius 3 is 2.76 bits per heavy atom. The van der Waals surface area contributed by atoms with Crippen molar-refractivity contribution in [2.45, 2.75) is 13.8 Å². The van der Waals surface area contributed by atoms with Crippen molar-refractivity contribution >= 4 is 11.6 Å². The second-order valence-electron chi connectivity index (χ2n) is 3.69. The molecule has 96 valence electrons. The van der Waals surface area contributed by atoms with E-state index in [1.807, 2.05) is 13.8 Å². The summed E-state index contributed by atoms with van der Waals surface area (Å²) in [6.45, 7) is 6.19. The fourth-order valence-corrected chi connectivity index (χ4v) is 1.55. The molecule has 0 fully saturated rings. The third kappa shape index (κ3) is 3.45. The van der Waals surface area contributed by atoms with E-state index in [-0.39, 0.29) is 5.91 Å². The summed E-state index contributed by atoms with van der Waals surface area (Å²) >= 11 is 0. The lowest BCUT2D eigenvalue weighted by Crippen LogP contribution is -2.34. The van der Waals surface area contributed by atoms with Gasteiger partial charge in [-0.1, -0.05) is 0 Å². The van der Waals surface area contributed by atoms with Crippen molar-refractivity contribution in [3.8, 4) is 0 Å². The Kier molecular flexibility index (Phi) is 4.96. The van der Waals surface area contributed by atoms with Crippen molar-refractivity contribution in [3.05, 3.63) is 11.9 Å². The minimum Gasteiger partial charge on any atom is -0.396 e. The molecule has 0 aromatic carbocycles. The van der Waals surface area contributed by atoms with Crippen LogP contribution in [0.3, 0.4) is 0 Å². The van der Waals surface area contributed by atoms with Crippen LogP contribution in [-0.2, 0) is 11.8 Å². The van der Waals surface area contributed by atoms with Crippen LogP contribution in [-0.4, -0.2) is 46.9 Å². The largest absolute Gasteiger partial charge is 0.396 e. The summed E-state index contributed by atoms with van der Waals surface area (Å²) in [5.74, 6) is -0.148. The minimum atomic E-state index is -0.148. The molecule has 1 aromatic heterocycles. The number of ether oxygens (including phenoxy) is 1. The van der Waals surface area contributed by atoms with Crippen molar-refractivity contribution in [1.29, 1.82) is 0 Å². The second kappa shape index (κ2) is 6.24. The van der Waals surface area contributed by atoms with Gasteiger partial charge >= 0.3 is 0 Å². The number of hydrogen-bond acceptors (Lipinski definition) is 4. The van der Waals surface area contributed by atoms with Crippen molar-refractivity contribution in [3.63, 3.8) is 0 Å². The van der Waals surface area contributed by atoms with Gasteiger partial charge in [0, 0.05) is 32.9 Å². The van der Waals surface area contributed by atoms with E-state index in [0.717, 1.165) is 0 Å². The average Bonchev–Trinajstić information content (AvgIpc) is 2.63. The van der Waals surface area contributed by atoms with Gasteiger partial charge in [-0.15, -0.1) is 0 Å². The van der Waals surface area contributed by atoms with Crippen LogP contribution in [0.25, 0.3) is 0 Å². The van der Waals surface area contributed by atoms with Crippen LogP contribution in [0, 0.1) is 0 Å². The lowest BCUT2D eigenvalue weighted by Gasteiger charge is -2.19. The quantitative estimate of drug-likeness (QED) is 0.735. The van der Waals surface area contributed by atoms with E-state index in [2.05, 4.69) is 5.10 Å². The molecular formula is C11H20N4O2. The minimum absolute atomic E-state index is 0.148. The number of likely N-dealkylation sites (N-methyl/N-ethyl adjacent to an activating group) is 1. The first-order valence-corrected chi connectivity index (χ1v) is 5.76. The summed E-state index contributed by atoms with van der Waals surface area (Å²) in [5.41, 5.74) is 6.45. The molecule has 0 bridgehead atoms. The lowest BCUT2D eigenvalue weighted by molar-refractivity contribution is 0.0664. The Hall–Kier alpha value is -1.56. The first-order chi connectivity index (χ1) is 8.10. The first-order valence-electron chi connectivity index (χ1n) is 5.76. The van der Waals surface area contributed by atoms with Crippen molar-refractivity contribution < 1.29 is 9.53 Å². The number of anilines is 1. The summed E-state index contributed by atoms with van der Waals surface area (Å²) in [6, 6.07) is 0. The predicted molar refractivity (Wildman–Crippen MR) is 65.7 cm³/mol. The number of carbonyl (C=O) groups excluding carboxylic acids is 1. The number of aryl methyl sites for hydroxylation is 1. The normalized spacial score (nSPS) is 10.5. The molecule has 0 aliphatic carbocycles. The van der Waals surface area contributed by atoms with Crippen molar-refractivity contribution in [2.24, 2.45) is 7.05 Å². The number of amides is 1. The number of aromatic nitrogens is 2. The summed E-state index contributed by atoms with van der Waals surface area (Å²) in [4.78, 5) is 13.8. The third-order valence-corrected chi connectivity index (χ3v) is 2.44. The van der Waals surface area contributed by atoms with Gasteiger partial charge < -0.3 is 15.4 Å². The Morgan fingerprint density at radius 1 is 1.59 bits per heavy atom. The zero-order valence-corrected chi connectivity index (χ0v) is 10.6. The van der Waals surface area contributed by atoms with E-state index in [4.69, 9.17) is 10.5 Å². The first kappa shape index (κ1) is 13.5. The van der Waals surface area contributed by atoms with Crippen LogP contribution in [0.1, 0.15) is 24.3 Å². The van der Waals surface area contributed by atoms with Gasteiger partial charge in [0.25, 0.3) is 5.91 Å². The van der Waals surface area contributed by atoms with Crippen molar-refractivity contribution in [2.75, 3.05) is 32.0 Å². The number of nitrogen functional groups attached to an aromatic ring is 1. The monoisotopic (exact) mass is 240 g/mol. The Morgan fingerprint density at radius 2 is 2.29 bits per heavy atom. The van der Waals surface area contributed by atoms with Gasteiger partial charge in [0.05, 0.1) is 12.3 Å². The molecule has 6 heteroatoms. The highest BCUT2D eigenvalue weighted by Crippen LogP contribution is 2.11. The van der Waals surface area contributed by atoms with E-state index in [1.165, 1.54) is 0 Å². The van der Waals surface area contributed by atoms with Gasteiger partial charge in [0.2, 0.25) is 0 Å². The third-order valence-electron chi connectivity index (χ3n) is 2.44. The number of hydrogen-bond donors (Lipinski definition) is 1. The molecule has 0 aliphatic rings. The fraction of sp³-hybridized carbons (Fsp3) is 0.636. The van der Waals surface area contributed by atoms with Crippen LogP contribution in [0.2, 0.25) is 0 Å². The number of rotatable bonds is 6. The zero-order chi connectivity index (χ0) is 12.8. The Bertz CT molecular complexity index is 376. The molecule has 6 nitrogen and oxygen atoms in total. The molecule has 0 saturated carbocycles. The van der Waals surface area contributed by atoms with Gasteiger partial charge in [0.1, 0.15) is 0 Å². The molecular weight excluding hydrogens is 220 g/mol. The Labute approximate surface area is 101 Å². The molecule has 1 aromatic rings. The molecule has 0 spiro atoms. The van der Waals surface area contributed by atoms with E-state index in [0.29, 0.717) is 37.7 Å². The highest BCUT2D eigenvalue weighted by Gasteiger charge is 2.19. The standard InChI is InChI=1S/C11H20N4O2/c1-4-15(6-7-17-5-2)11(16)10-9(12)8-14(3)13-10/h8H,4-7,12H2,1-3H3. The molecule has 0 aliphatic heterocycles. The van der Waals surface area contributed by atoms with Gasteiger partial charge in [0.15, 0.2) is 5.69 Å². The van der Waals surface area contributed by atoms with Crippen LogP contribution in [0.4, 0.5) is 5.69 Å². The molecule has 1 heterocycles. The van der Waals surface area contributed by atoms with Crippen LogP contribution in [0.15, 0.2) is 6.20 Å². The highest BCUT2D eigenvalue weighted by atomic mass is 16.5. The average molecular weight is 240 g/mol. The van der Waals surface area contributed by atoms with E-state index in [9.17, 15) is 4.79 Å². The number of carbonyl (C=O) groups is 1. The maximum absolute atomic E-state index is 12.1. The zero-order valence-electron chi connectivity index (χ0n) is 10.6. The van der Waals surface area contributed by atoms with Crippen LogP contribution < -0.4 is 5.73 Å². The van der Waals surface area contributed by atoms with Crippen LogP contribution >= 0.6 is 0 Å². The Balaban J connectivity index is 2.68. The van der Waals surface area contributed by atoms with Gasteiger partial charge in [-0.25, -0.2) is 0 Å². The predicted octanol–water partition coefficient (Wildman–Crippen LogP) is 0.501. The molecule has 1 rings (SSSR count). The van der Waals surface area contributed by atoms with Gasteiger partial charge in [-0.05, 0) is 13.8 Å². The smallest absolute Gasteiger partial charge is 0.276 e. The summed E-state index contributed by atoms with van der Waals surface area (Å²) in [7, 11) is 1.74. The molecule has 17 heavy (non-hydrogen) atoms. The SMILES string of the molecule is CCOCCN(CC)C(=O)c1nn(C)cc1N. The molecule has 1 amide bonds. The fourth-order valence-electron chi connectivity index (χ4n) is 1.55. The maximum Gasteiger partial charge on any atom is 0.276 e. The van der Waals surface area contributed by atoms with Gasteiger partial charge in [-0.3, -0.25) is 9.48 Å².